The minimum absolute atomic E-state index is 0.357. The lowest BCUT2D eigenvalue weighted by molar-refractivity contribution is 0.690. The Morgan fingerprint density at radius 1 is 0.962 bits per heavy atom. The van der Waals surface area contributed by atoms with Gasteiger partial charge < -0.3 is 10.6 Å². The quantitative estimate of drug-likeness (QED) is 0.458. The first-order valence-corrected chi connectivity index (χ1v) is 9.34. The summed E-state index contributed by atoms with van der Waals surface area (Å²) in [6.45, 7) is 0.448. The first-order valence-electron chi connectivity index (χ1n) is 7.42. The van der Waals surface area contributed by atoms with Crippen molar-refractivity contribution in [3.8, 4) is 0 Å². The normalized spacial score (nSPS) is 10.6. The fourth-order valence-electron chi connectivity index (χ4n) is 2.22. The van der Waals surface area contributed by atoms with E-state index in [0.717, 1.165) is 5.56 Å². The van der Waals surface area contributed by atoms with Crippen LogP contribution in [0.3, 0.4) is 0 Å². The lowest BCUT2D eigenvalue weighted by Gasteiger charge is -2.10. The largest absolute Gasteiger partial charge is 0.331 e. The van der Waals surface area contributed by atoms with Gasteiger partial charge in [-0.25, -0.2) is 0 Å². The summed E-state index contributed by atoms with van der Waals surface area (Å²) in [4.78, 5) is 0. The Labute approximate surface area is 176 Å². The number of aromatic nitrogens is 2. The van der Waals surface area contributed by atoms with Crippen LogP contribution >= 0.6 is 58.6 Å². The second-order valence-electron chi connectivity index (χ2n) is 5.30. The molecular weight excluding hydrogens is 434 g/mol. The molecule has 0 fully saturated rings. The van der Waals surface area contributed by atoms with Crippen molar-refractivity contribution in [3.63, 3.8) is 0 Å². The molecule has 2 aromatic carbocycles. The molecule has 2 N–H and O–H groups in total. The number of rotatable bonds is 4. The molecule has 0 saturated heterocycles. The summed E-state index contributed by atoms with van der Waals surface area (Å²) in [7, 11) is 0. The van der Waals surface area contributed by atoms with Gasteiger partial charge in [-0.2, -0.15) is 5.10 Å². The van der Waals surface area contributed by atoms with Crippen LogP contribution in [0.5, 0.6) is 0 Å². The lowest BCUT2D eigenvalue weighted by atomic mass is 10.2. The van der Waals surface area contributed by atoms with Crippen LogP contribution in [0.4, 0.5) is 11.5 Å². The van der Waals surface area contributed by atoms with Crippen molar-refractivity contribution in [2.24, 2.45) is 0 Å². The molecule has 0 aliphatic rings. The molecule has 0 spiro atoms. The zero-order valence-electron chi connectivity index (χ0n) is 13.1. The summed E-state index contributed by atoms with van der Waals surface area (Å²) >= 11 is 29.7. The molecule has 3 aromatic rings. The minimum Gasteiger partial charge on any atom is -0.331 e. The van der Waals surface area contributed by atoms with Crippen LogP contribution in [0.25, 0.3) is 0 Å². The molecule has 0 bridgehead atoms. The zero-order chi connectivity index (χ0) is 18.7. The van der Waals surface area contributed by atoms with Gasteiger partial charge in [0.15, 0.2) is 10.9 Å². The Bertz CT molecular complexity index is 937. The molecule has 134 valence electrons. The van der Waals surface area contributed by atoms with Crippen molar-refractivity contribution in [2.45, 2.75) is 6.54 Å². The Morgan fingerprint density at radius 3 is 2.38 bits per heavy atom. The molecular formula is C17H12Cl4N4S. The van der Waals surface area contributed by atoms with Gasteiger partial charge in [-0.05, 0) is 42.5 Å². The van der Waals surface area contributed by atoms with Gasteiger partial charge in [-0.1, -0.05) is 52.5 Å². The maximum absolute atomic E-state index is 6.19. The van der Waals surface area contributed by atoms with E-state index in [2.05, 4.69) is 15.7 Å². The lowest BCUT2D eigenvalue weighted by Crippen LogP contribution is -2.19. The van der Waals surface area contributed by atoms with Crippen LogP contribution in [-0.2, 0) is 6.54 Å². The molecule has 0 saturated carbocycles. The van der Waals surface area contributed by atoms with Crippen molar-refractivity contribution in [1.29, 1.82) is 0 Å². The highest BCUT2D eigenvalue weighted by Crippen LogP contribution is 2.26. The number of anilines is 2. The number of nitrogens with zero attached hydrogens (tertiary/aromatic N) is 2. The molecule has 0 radical (unpaired) electrons. The van der Waals surface area contributed by atoms with E-state index >= 15 is 0 Å². The van der Waals surface area contributed by atoms with Crippen molar-refractivity contribution in [1.82, 2.24) is 9.78 Å². The SMILES string of the molecule is S=C(Nc1ccn(Cc2c(Cl)cccc2Cl)n1)Nc1ccc(Cl)cc1Cl. The van der Waals surface area contributed by atoms with Crippen molar-refractivity contribution in [3.05, 3.63) is 74.3 Å². The van der Waals surface area contributed by atoms with E-state index < -0.39 is 0 Å². The first-order chi connectivity index (χ1) is 12.4. The van der Waals surface area contributed by atoms with Crippen molar-refractivity contribution < 1.29 is 0 Å². The van der Waals surface area contributed by atoms with Crippen LogP contribution in [-0.4, -0.2) is 14.9 Å². The molecule has 0 unspecified atom stereocenters. The molecule has 0 aliphatic heterocycles. The number of benzene rings is 2. The first kappa shape index (κ1) is 19.3. The van der Waals surface area contributed by atoms with E-state index in [0.29, 0.717) is 43.3 Å². The predicted molar refractivity (Wildman–Crippen MR) is 114 cm³/mol. The van der Waals surface area contributed by atoms with Gasteiger partial charge in [0, 0.05) is 32.9 Å². The van der Waals surface area contributed by atoms with Crippen LogP contribution in [0.15, 0.2) is 48.7 Å². The highest BCUT2D eigenvalue weighted by Gasteiger charge is 2.09. The summed E-state index contributed by atoms with van der Waals surface area (Å²) in [5.41, 5.74) is 1.45. The third kappa shape index (κ3) is 4.81. The highest BCUT2D eigenvalue weighted by molar-refractivity contribution is 7.80. The molecule has 1 heterocycles. The highest BCUT2D eigenvalue weighted by atomic mass is 35.5. The van der Waals surface area contributed by atoms with Gasteiger partial charge in [-0.15, -0.1) is 0 Å². The van der Waals surface area contributed by atoms with E-state index in [4.69, 9.17) is 58.6 Å². The maximum Gasteiger partial charge on any atom is 0.176 e. The van der Waals surface area contributed by atoms with Gasteiger partial charge >= 0.3 is 0 Å². The van der Waals surface area contributed by atoms with Crippen LogP contribution in [0.1, 0.15) is 5.56 Å². The van der Waals surface area contributed by atoms with Crippen LogP contribution < -0.4 is 10.6 Å². The summed E-state index contributed by atoms with van der Waals surface area (Å²) < 4.78 is 1.72. The number of hydrogen-bond acceptors (Lipinski definition) is 2. The summed E-state index contributed by atoms with van der Waals surface area (Å²) in [6, 6.07) is 12.3. The zero-order valence-corrected chi connectivity index (χ0v) is 17.0. The second kappa shape index (κ2) is 8.46. The maximum atomic E-state index is 6.19. The standard InChI is InChI=1S/C17H12Cl4N4S/c18-10-4-5-15(14(21)8-10)22-17(26)23-16-6-7-25(24-16)9-11-12(19)2-1-3-13(11)20/h1-8H,9H2,(H2,22,23,24,26). The Hall–Kier alpha value is -1.50. The molecule has 0 atom stereocenters. The number of thiocarbonyl (C=S) groups is 1. The van der Waals surface area contributed by atoms with Gasteiger partial charge in [-0.3, -0.25) is 4.68 Å². The monoisotopic (exact) mass is 444 g/mol. The van der Waals surface area contributed by atoms with Gasteiger partial charge in [0.1, 0.15) is 0 Å². The topological polar surface area (TPSA) is 41.9 Å². The van der Waals surface area contributed by atoms with Crippen molar-refractivity contribution >= 4 is 75.2 Å². The van der Waals surface area contributed by atoms with Crippen LogP contribution in [0, 0.1) is 0 Å². The van der Waals surface area contributed by atoms with E-state index in [1.54, 1.807) is 53.3 Å². The Morgan fingerprint density at radius 2 is 1.69 bits per heavy atom. The Kier molecular flexibility index (Phi) is 6.27. The molecule has 1 aromatic heterocycles. The third-order valence-corrected chi connectivity index (χ3v) is 4.90. The van der Waals surface area contributed by atoms with E-state index in [9.17, 15) is 0 Å². The van der Waals surface area contributed by atoms with Crippen molar-refractivity contribution in [2.75, 3.05) is 10.6 Å². The van der Waals surface area contributed by atoms with E-state index in [1.165, 1.54) is 0 Å². The smallest absolute Gasteiger partial charge is 0.176 e. The Balaban J connectivity index is 1.65. The number of halogens is 4. The number of hydrogen-bond donors (Lipinski definition) is 2. The number of nitrogens with one attached hydrogen (secondary N) is 2. The van der Waals surface area contributed by atoms with E-state index in [-0.39, 0.29) is 0 Å². The van der Waals surface area contributed by atoms with E-state index in [1.807, 2.05) is 0 Å². The molecule has 3 rings (SSSR count). The summed E-state index contributed by atoms with van der Waals surface area (Å²) in [5.74, 6) is 0.579. The molecule has 0 aliphatic carbocycles. The van der Waals surface area contributed by atoms with Gasteiger partial charge in [0.25, 0.3) is 0 Å². The average Bonchev–Trinajstić information content (AvgIpc) is 3.01. The second-order valence-corrected chi connectivity index (χ2v) is 7.37. The van der Waals surface area contributed by atoms with Gasteiger partial charge in [0.05, 0.1) is 17.3 Å². The molecule has 0 amide bonds. The fraction of sp³-hybridized carbons (Fsp3) is 0.0588. The predicted octanol–water partition coefficient (Wildman–Crippen LogP) is 6.35. The average molecular weight is 446 g/mol. The van der Waals surface area contributed by atoms with Crippen LogP contribution in [0.2, 0.25) is 20.1 Å². The molecule has 9 heteroatoms. The summed E-state index contributed by atoms with van der Waals surface area (Å²) in [6.07, 6.45) is 1.81. The fourth-order valence-corrected chi connectivity index (χ4v) is 3.41. The molecule has 26 heavy (non-hydrogen) atoms. The minimum atomic E-state index is 0.357. The third-order valence-electron chi connectivity index (χ3n) is 3.44. The molecule has 4 nitrogen and oxygen atoms in total. The summed E-state index contributed by atoms with van der Waals surface area (Å²) in [5, 5.41) is 13.0. The van der Waals surface area contributed by atoms with Gasteiger partial charge in [0.2, 0.25) is 0 Å².